The van der Waals surface area contributed by atoms with Gasteiger partial charge in [0.15, 0.2) is 0 Å². The molecule has 172 valence electrons. The van der Waals surface area contributed by atoms with Gasteiger partial charge in [-0.25, -0.2) is 9.97 Å². The molecule has 0 aromatic carbocycles. The second-order valence-corrected chi connectivity index (χ2v) is 7.33. The number of aromatic nitrogens is 3. The van der Waals surface area contributed by atoms with Gasteiger partial charge in [0.1, 0.15) is 17.5 Å². The van der Waals surface area contributed by atoms with Crippen LogP contribution in [0.1, 0.15) is 12.0 Å². The lowest BCUT2D eigenvalue weighted by molar-refractivity contribution is -0.142. The molecule has 0 aliphatic carbocycles. The Morgan fingerprint density at radius 2 is 1.94 bits per heavy atom. The van der Waals surface area contributed by atoms with E-state index in [4.69, 9.17) is 14.2 Å². The number of anilines is 2. The first-order valence-corrected chi connectivity index (χ1v) is 9.88. The van der Waals surface area contributed by atoms with Crippen molar-refractivity contribution < 1.29 is 32.2 Å². The van der Waals surface area contributed by atoms with Gasteiger partial charge in [0.25, 0.3) is 0 Å². The van der Waals surface area contributed by atoms with Crippen LogP contribution in [0.15, 0.2) is 30.6 Å². The minimum Gasteiger partial charge on any atom is -0.469 e. The molecule has 10 nitrogen and oxygen atoms in total. The highest BCUT2D eigenvalue weighted by Gasteiger charge is 2.38. The monoisotopic (exact) mass is 454 g/mol. The molecule has 2 fully saturated rings. The Morgan fingerprint density at radius 3 is 2.62 bits per heavy atom. The molecule has 2 aliphatic heterocycles. The van der Waals surface area contributed by atoms with Gasteiger partial charge in [-0.15, -0.1) is 0 Å². The second kappa shape index (κ2) is 9.53. The number of rotatable bonds is 7. The van der Waals surface area contributed by atoms with E-state index < -0.39 is 29.6 Å². The first-order chi connectivity index (χ1) is 15.4. The van der Waals surface area contributed by atoms with Gasteiger partial charge in [-0.3, -0.25) is 15.6 Å². The molecule has 0 saturated carbocycles. The average Bonchev–Trinajstić information content (AvgIpc) is 2.75. The summed E-state index contributed by atoms with van der Waals surface area (Å²) < 4.78 is 55.5. The standard InChI is InChI=1S/C19H21F3N6O4/c20-19(21,22)14-6-24-18(26-17(14)32-13-9-31-10-13)25-12-5-11(7-30-8-12)16(29)28-27-15-3-1-2-4-23-15/h1-4,6,11-13H,5,7-10H2,(H,23,27)(H,28,29)(H,24,25,26). The maximum absolute atomic E-state index is 13.3. The van der Waals surface area contributed by atoms with Gasteiger partial charge >= 0.3 is 6.18 Å². The van der Waals surface area contributed by atoms with Gasteiger partial charge in [0.2, 0.25) is 17.7 Å². The molecule has 32 heavy (non-hydrogen) atoms. The van der Waals surface area contributed by atoms with E-state index in [0.29, 0.717) is 18.4 Å². The summed E-state index contributed by atoms with van der Waals surface area (Å²) in [6.07, 6.45) is -2.52. The van der Waals surface area contributed by atoms with Crippen LogP contribution in [0.4, 0.5) is 24.9 Å². The van der Waals surface area contributed by atoms with Crippen molar-refractivity contribution in [3.8, 4) is 5.88 Å². The van der Waals surface area contributed by atoms with Crippen molar-refractivity contribution in [2.45, 2.75) is 24.7 Å². The van der Waals surface area contributed by atoms with Gasteiger partial charge in [0.05, 0.1) is 38.4 Å². The highest BCUT2D eigenvalue weighted by atomic mass is 19.4. The van der Waals surface area contributed by atoms with Gasteiger partial charge in [-0.05, 0) is 18.6 Å². The Balaban J connectivity index is 1.37. The summed E-state index contributed by atoms with van der Waals surface area (Å²) in [7, 11) is 0. The summed E-state index contributed by atoms with van der Waals surface area (Å²) in [5, 5.41) is 2.93. The second-order valence-electron chi connectivity index (χ2n) is 7.33. The highest BCUT2D eigenvalue weighted by Crippen LogP contribution is 2.36. The number of amides is 1. The normalized spacial score (nSPS) is 21.3. The van der Waals surface area contributed by atoms with Crippen LogP contribution in [0.5, 0.6) is 5.88 Å². The van der Waals surface area contributed by atoms with E-state index in [0.717, 1.165) is 0 Å². The molecule has 2 saturated heterocycles. The number of ether oxygens (including phenoxy) is 3. The van der Waals surface area contributed by atoms with Crippen LogP contribution in [-0.2, 0) is 20.4 Å². The fraction of sp³-hybridized carbons (Fsp3) is 0.474. The van der Waals surface area contributed by atoms with Crippen LogP contribution in [0.25, 0.3) is 0 Å². The smallest absolute Gasteiger partial charge is 0.423 e. The van der Waals surface area contributed by atoms with E-state index in [1.807, 2.05) is 0 Å². The molecule has 2 aromatic rings. The third-order valence-electron chi connectivity index (χ3n) is 4.83. The topological polar surface area (TPSA) is 120 Å². The average molecular weight is 454 g/mol. The van der Waals surface area contributed by atoms with E-state index >= 15 is 0 Å². The van der Waals surface area contributed by atoms with Crippen LogP contribution in [-0.4, -0.2) is 59.4 Å². The van der Waals surface area contributed by atoms with Crippen LogP contribution >= 0.6 is 0 Å². The SMILES string of the molecule is O=C(NNc1ccccn1)C1COCC(Nc2ncc(C(F)(F)F)c(OC3COC3)n2)C1. The number of hydrazine groups is 1. The summed E-state index contributed by atoms with van der Waals surface area (Å²) in [4.78, 5) is 24.2. The fourth-order valence-corrected chi connectivity index (χ4v) is 3.12. The van der Waals surface area contributed by atoms with E-state index in [2.05, 4.69) is 31.1 Å². The molecule has 4 rings (SSSR count). The number of nitrogens with one attached hydrogen (secondary N) is 3. The molecule has 2 unspecified atom stereocenters. The maximum atomic E-state index is 13.3. The molecule has 3 N–H and O–H groups in total. The van der Waals surface area contributed by atoms with Gasteiger partial charge in [0, 0.05) is 12.4 Å². The van der Waals surface area contributed by atoms with Crippen LogP contribution < -0.4 is 20.9 Å². The van der Waals surface area contributed by atoms with Crippen molar-refractivity contribution in [3.63, 3.8) is 0 Å². The molecule has 2 aliphatic rings. The largest absolute Gasteiger partial charge is 0.469 e. The Labute approximate surface area is 180 Å². The molecular formula is C19H21F3N6O4. The lowest BCUT2D eigenvalue weighted by Crippen LogP contribution is -2.44. The zero-order valence-corrected chi connectivity index (χ0v) is 16.8. The fourth-order valence-electron chi connectivity index (χ4n) is 3.12. The maximum Gasteiger partial charge on any atom is 0.423 e. The van der Waals surface area contributed by atoms with Crippen molar-refractivity contribution in [1.82, 2.24) is 20.4 Å². The summed E-state index contributed by atoms with van der Waals surface area (Å²) >= 11 is 0. The number of halogens is 3. The molecule has 0 spiro atoms. The predicted molar refractivity (Wildman–Crippen MR) is 105 cm³/mol. The Morgan fingerprint density at radius 1 is 1.12 bits per heavy atom. The first-order valence-electron chi connectivity index (χ1n) is 9.88. The number of nitrogens with zero attached hydrogens (tertiary/aromatic N) is 3. The van der Waals surface area contributed by atoms with Crippen molar-refractivity contribution in [2.24, 2.45) is 5.92 Å². The lowest BCUT2D eigenvalue weighted by atomic mass is 9.98. The third kappa shape index (κ3) is 5.53. The Hall–Kier alpha value is -3.19. The minimum atomic E-state index is -4.66. The molecule has 0 bridgehead atoms. The number of alkyl halides is 3. The number of hydrogen-bond donors (Lipinski definition) is 3. The summed E-state index contributed by atoms with van der Waals surface area (Å²) in [5.41, 5.74) is 4.23. The van der Waals surface area contributed by atoms with Crippen molar-refractivity contribution in [1.29, 1.82) is 0 Å². The van der Waals surface area contributed by atoms with Crippen molar-refractivity contribution >= 4 is 17.7 Å². The number of pyridine rings is 1. The summed E-state index contributed by atoms with van der Waals surface area (Å²) in [5.74, 6) is -0.919. The molecule has 13 heteroatoms. The first kappa shape index (κ1) is 22.0. The molecule has 2 aromatic heterocycles. The van der Waals surface area contributed by atoms with Crippen LogP contribution in [0.2, 0.25) is 0 Å². The summed E-state index contributed by atoms with van der Waals surface area (Å²) in [6.45, 7) is 0.847. The van der Waals surface area contributed by atoms with Crippen molar-refractivity contribution in [3.05, 3.63) is 36.2 Å². The third-order valence-corrected chi connectivity index (χ3v) is 4.83. The highest BCUT2D eigenvalue weighted by molar-refractivity contribution is 5.80. The lowest BCUT2D eigenvalue weighted by Gasteiger charge is -2.30. The molecule has 4 heterocycles. The summed E-state index contributed by atoms with van der Waals surface area (Å²) in [6, 6.07) is 4.83. The molecule has 2 atom stereocenters. The zero-order valence-electron chi connectivity index (χ0n) is 16.8. The van der Waals surface area contributed by atoms with Gasteiger partial charge in [-0.2, -0.15) is 18.2 Å². The van der Waals surface area contributed by atoms with E-state index in [-0.39, 0.29) is 44.3 Å². The molecule has 1 amide bonds. The molecular weight excluding hydrogens is 433 g/mol. The molecule has 0 radical (unpaired) electrons. The quantitative estimate of drug-likeness (QED) is 0.536. The van der Waals surface area contributed by atoms with E-state index in [1.165, 1.54) is 0 Å². The zero-order chi connectivity index (χ0) is 22.6. The number of hydrogen-bond acceptors (Lipinski definition) is 9. The minimum absolute atomic E-state index is 0.0467. The number of carbonyl (C=O) groups is 1. The van der Waals surface area contributed by atoms with Crippen molar-refractivity contribution in [2.75, 3.05) is 37.2 Å². The van der Waals surface area contributed by atoms with E-state index in [9.17, 15) is 18.0 Å². The van der Waals surface area contributed by atoms with Crippen LogP contribution in [0.3, 0.4) is 0 Å². The Bertz CT molecular complexity index is 929. The van der Waals surface area contributed by atoms with Gasteiger partial charge < -0.3 is 19.5 Å². The van der Waals surface area contributed by atoms with Gasteiger partial charge in [-0.1, -0.05) is 6.07 Å². The predicted octanol–water partition coefficient (Wildman–Crippen LogP) is 1.63. The van der Waals surface area contributed by atoms with E-state index in [1.54, 1.807) is 24.4 Å². The number of carbonyl (C=O) groups excluding carboxylic acids is 1. The van der Waals surface area contributed by atoms with Crippen LogP contribution in [0, 0.1) is 5.92 Å². The Kier molecular flexibility index (Phi) is 6.55.